The van der Waals surface area contributed by atoms with E-state index in [0.717, 1.165) is 17.2 Å². The molecule has 344 valence electrons. The predicted molar refractivity (Wildman–Crippen MR) is 193 cm³/mol. The molecule has 0 bridgehead atoms. The minimum absolute atomic E-state index is 0.683. The summed E-state index contributed by atoms with van der Waals surface area (Å²) in [6.07, 6.45) is -1.85. The zero-order chi connectivity index (χ0) is 48.8. The second kappa shape index (κ2) is 18.6. The molecule has 3 nitrogen and oxygen atoms in total. The highest BCUT2D eigenvalue weighted by atomic mass is 32.1. The first-order valence-electron chi connectivity index (χ1n) is 17.6. The quantitative estimate of drug-likeness (QED) is 0.0411. The van der Waals surface area contributed by atoms with Crippen LogP contribution in [0.2, 0.25) is 0 Å². The summed E-state index contributed by atoms with van der Waals surface area (Å²) >= 11 is 4.41. The zero-order valence-corrected chi connectivity index (χ0v) is 32.4. The molecule has 0 spiro atoms. The number of benzene rings is 6. The summed E-state index contributed by atoms with van der Waals surface area (Å²) in [4.78, 5) is 4.94. The highest BCUT2D eigenvalue weighted by Gasteiger charge is 2.52. The van der Waals surface area contributed by atoms with Gasteiger partial charge in [-0.2, -0.15) is 4.57 Å². The normalized spacial score (nSPS) is 11.5. The second-order valence-electron chi connectivity index (χ2n) is 13.4. The molecule has 6 aromatic carbocycles. The maximum Gasteiger partial charge on any atom is 0.392 e. The van der Waals surface area contributed by atoms with E-state index in [1.54, 1.807) is 12.4 Å². The Hall–Kier alpha value is -6.79. The predicted octanol–water partition coefficient (Wildman–Crippen LogP) is 9.34. The van der Waals surface area contributed by atoms with Gasteiger partial charge in [0.2, 0.25) is 0 Å². The summed E-state index contributed by atoms with van der Waals surface area (Å²) in [7, 11) is 0. The van der Waals surface area contributed by atoms with Gasteiger partial charge < -0.3 is 4.74 Å². The third-order valence-electron chi connectivity index (χ3n) is 9.78. The van der Waals surface area contributed by atoms with Crippen LogP contribution < -0.4 is 31.2 Å². The Bertz CT molecular complexity index is 2690. The number of aromatic nitrogens is 2. The summed E-state index contributed by atoms with van der Waals surface area (Å²) < 4.78 is 302. The van der Waals surface area contributed by atoms with Gasteiger partial charge in [-0.15, -0.1) is 34.5 Å². The van der Waals surface area contributed by atoms with Gasteiger partial charge in [-0.1, -0.05) is 42.5 Å². The Kier molecular flexibility index (Phi) is 13.7. The van der Waals surface area contributed by atoms with Gasteiger partial charge in [0.25, 0.3) is 0 Å². The fourth-order valence-electron chi connectivity index (χ4n) is 6.90. The van der Waals surface area contributed by atoms with Crippen molar-refractivity contribution in [2.75, 3.05) is 0 Å². The average molecular weight is 974 g/mol. The van der Waals surface area contributed by atoms with Crippen LogP contribution in [0, 0.1) is 116 Å². The molecule has 7 aromatic rings. The van der Waals surface area contributed by atoms with E-state index >= 15 is 35.1 Å². The van der Waals surface area contributed by atoms with Crippen LogP contribution in [-0.4, -0.2) is 11.1 Å². The van der Waals surface area contributed by atoms with E-state index in [-0.39, 0.29) is 0 Å². The Labute approximate surface area is 360 Å². The fourth-order valence-corrected chi connectivity index (χ4v) is 7.11. The lowest BCUT2D eigenvalue weighted by Crippen LogP contribution is -2.81. The molecule has 1 heterocycles. The molecule has 0 aliphatic carbocycles. The van der Waals surface area contributed by atoms with E-state index < -0.39 is 144 Å². The van der Waals surface area contributed by atoms with Crippen LogP contribution in [-0.2, 0) is 6.54 Å². The Morgan fingerprint density at radius 3 is 1.05 bits per heavy atom. The van der Waals surface area contributed by atoms with Crippen LogP contribution in [0.25, 0.3) is 0 Å². The van der Waals surface area contributed by atoms with Crippen molar-refractivity contribution in [3.63, 3.8) is 0 Å². The lowest BCUT2D eigenvalue weighted by Gasteiger charge is -2.44. The van der Waals surface area contributed by atoms with E-state index in [1.807, 2.05) is 53.2 Å². The maximum atomic E-state index is 15.4. The first-order chi connectivity index (χ1) is 31.0. The van der Waals surface area contributed by atoms with Gasteiger partial charge in [0.15, 0.2) is 82.5 Å². The Morgan fingerprint density at radius 2 is 0.712 bits per heavy atom. The smallest absolute Gasteiger partial charge is 0.392 e. The number of nitrogens with zero attached hydrogens (tertiary/aromatic N) is 2. The van der Waals surface area contributed by atoms with Crippen LogP contribution >= 0.6 is 12.6 Å². The molecule has 0 aliphatic rings. The minimum atomic E-state index is -7.22. The van der Waals surface area contributed by atoms with Crippen molar-refractivity contribution in [2.45, 2.75) is 11.4 Å². The summed E-state index contributed by atoms with van der Waals surface area (Å²) in [6, 6.07) is 17.9. The van der Waals surface area contributed by atoms with Crippen molar-refractivity contribution < 1.29 is 97.1 Å². The summed E-state index contributed by atoms with van der Waals surface area (Å²) in [5.41, 5.74) is -13.1. The average Bonchev–Trinajstić information content (AvgIpc) is 3.30. The molecule has 66 heavy (non-hydrogen) atoms. The number of para-hydroxylation sites is 1. The number of halogens is 20. The molecule has 0 saturated carbocycles. The largest absolute Gasteiger partial charge is 0.403 e. The highest BCUT2D eigenvalue weighted by molar-refractivity contribution is 7.80. The van der Waals surface area contributed by atoms with Crippen molar-refractivity contribution in [2.24, 2.45) is 0 Å². The lowest BCUT2D eigenvalue weighted by molar-refractivity contribution is -0.692. The van der Waals surface area contributed by atoms with Crippen molar-refractivity contribution in [3.8, 4) is 11.6 Å². The van der Waals surface area contributed by atoms with Gasteiger partial charge in [0.1, 0.15) is 64.6 Å². The number of rotatable bonds is 8. The van der Waals surface area contributed by atoms with Crippen molar-refractivity contribution >= 4 is 40.6 Å². The molecule has 0 radical (unpaired) electrons. The fraction of sp³-hybridized carbons (Fsp3) is 0.0244. The number of thiol groups is 1. The monoisotopic (exact) mass is 974 g/mol. The van der Waals surface area contributed by atoms with Crippen molar-refractivity contribution in [1.29, 1.82) is 0 Å². The molecule has 0 saturated heterocycles. The maximum absolute atomic E-state index is 15.4. The van der Waals surface area contributed by atoms with Crippen LogP contribution in [0.5, 0.6) is 11.6 Å². The molecule has 0 aliphatic heterocycles. The second-order valence-corrected chi connectivity index (χ2v) is 13.9. The van der Waals surface area contributed by atoms with E-state index in [4.69, 9.17) is 4.74 Å². The molecule has 25 heteroatoms. The zero-order valence-electron chi connectivity index (χ0n) is 31.5. The SMILES string of the molecule is Fc1c(F)c(F)c([B-](c2c(F)c(F)c(F)c(F)c2F)(c2c(F)c(F)c(F)c(F)c2F)c2c(F)c(F)c(F)c(F)c2F)c(F)c1F.Sc1ccccc1Oc1cncc[n+]1Cc1ccccc1. The van der Waals surface area contributed by atoms with Crippen molar-refractivity contribution in [3.05, 3.63) is 195 Å². The first-order valence-corrected chi connectivity index (χ1v) is 18.0. The highest BCUT2D eigenvalue weighted by Crippen LogP contribution is 2.31. The Balaban J connectivity index is 0.000000284. The van der Waals surface area contributed by atoms with Gasteiger partial charge in [-0.05, 0) is 12.1 Å². The molecular formula is C41H15BF20N2OS. The lowest BCUT2D eigenvalue weighted by atomic mass is 9.12. The van der Waals surface area contributed by atoms with Gasteiger partial charge in [0.05, 0.1) is 6.20 Å². The van der Waals surface area contributed by atoms with E-state index in [9.17, 15) is 52.7 Å². The van der Waals surface area contributed by atoms with Crippen LogP contribution in [0.15, 0.2) is 78.1 Å². The molecule has 1 aromatic heterocycles. The molecular weight excluding hydrogens is 959 g/mol. The first kappa shape index (κ1) is 48.7. The topological polar surface area (TPSA) is 26.0 Å². The summed E-state index contributed by atoms with van der Waals surface area (Å²) in [6.45, 7) is 0.730. The number of ether oxygens (including phenoxy) is 1. The van der Waals surface area contributed by atoms with Crippen LogP contribution in [0.4, 0.5) is 87.8 Å². The molecule has 0 fully saturated rings. The molecule has 0 unspecified atom stereocenters. The molecule has 0 amide bonds. The number of hydrogen-bond acceptors (Lipinski definition) is 3. The standard InChI is InChI=1S/C24BF20.C17H14N2OS/c26-5-1(6(27)14(35)21(42)13(5)34)25(2-7(28)15(36)22(43)16(37)8(2)29,3-9(30)17(38)23(44)18(39)10(3)31)4-11(32)19(40)24(45)20(41)12(4)33;21-16-9-5-4-8-15(16)20-17-12-18-10-11-19(17)13-14-6-2-1-3-7-14/h;1-12H,13H2/q-1;/p+1. The molecule has 0 atom stereocenters. The Morgan fingerprint density at radius 1 is 0.409 bits per heavy atom. The van der Waals surface area contributed by atoms with Crippen LogP contribution in [0.1, 0.15) is 5.56 Å². The van der Waals surface area contributed by atoms with Crippen LogP contribution in [0.3, 0.4) is 0 Å². The molecule has 7 rings (SSSR count). The molecule has 0 N–H and O–H groups in total. The van der Waals surface area contributed by atoms with E-state index in [2.05, 4.69) is 29.7 Å². The number of hydrogen-bond donors (Lipinski definition) is 1. The van der Waals surface area contributed by atoms with Crippen molar-refractivity contribution in [1.82, 2.24) is 4.98 Å². The third-order valence-corrected chi connectivity index (χ3v) is 10.2. The van der Waals surface area contributed by atoms with Gasteiger partial charge in [0, 0.05) is 10.5 Å². The van der Waals surface area contributed by atoms with Gasteiger partial charge in [-0.3, -0.25) is 0 Å². The summed E-state index contributed by atoms with van der Waals surface area (Å²) in [5, 5.41) is 0. The van der Waals surface area contributed by atoms with Gasteiger partial charge in [-0.25, -0.2) is 92.8 Å². The van der Waals surface area contributed by atoms with Gasteiger partial charge >= 0.3 is 5.88 Å². The minimum Gasteiger partial charge on any atom is -0.403 e. The summed E-state index contributed by atoms with van der Waals surface area (Å²) in [5.74, 6) is -70.0. The van der Waals surface area contributed by atoms with E-state index in [1.165, 1.54) is 5.56 Å². The van der Waals surface area contributed by atoms with E-state index in [0.29, 0.717) is 5.88 Å². The third kappa shape index (κ3) is 7.91.